The Morgan fingerprint density at radius 2 is 1.75 bits per heavy atom. The average molecular weight is 266 g/mol. The molecule has 0 aliphatic rings. The largest absolute Gasteiger partial charge is 0.396 e. The summed E-state index contributed by atoms with van der Waals surface area (Å²) in [5.74, 6) is 0.610. The lowest BCUT2D eigenvalue weighted by molar-refractivity contribution is 0.590. The number of nitriles is 1. The number of pyridine rings is 1. The lowest BCUT2D eigenvalue weighted by Crippen LogP contribution is -2.10. The van der Waals surface area contributed by atoms with Crippen LogP contribution in [0, 0.1) is 11.3 Å². The Labute approximate surface area is 119 Å². The van der Waals surface area contributed by atoms with Gasteiger partial charge < -0.3 is 11.1 Å². The van der Waals surface area contributed by atoms with E-state index in [9.17, 15) is 0 Å². The number of rotatable bonds is 2. The molecule has 1 aromatic heterocycles. The summed E-state index contributed by atoms with van der Waals surface area (Å²) in [4.78, 5) is 4.16. The van der Waals surface area contributed by atoms with Crippen molar-refractivity contribution in [2.45, 2.75) is 26.2 Å². The van der Waals surface area contributed by atoms with Crippen LogP contribution in [0.25, 0.3) is 0 Å². The maximum absolute atomic E-state index is 8.91. The lowest BCUT2D eigenvalue weighted by atomic mass is 9.87. The number of nitrogens with two attached hydrogens (primary N) is 1. The van der Waals surface area contributed by atoms with Gasteiger partial charge in [0.25, 0.3) is 0 Å². The van der Waals surface area contributed by atoms with E-state index in [2.05, 4.69) is 43.2 Å². The molecule has 0 radical (unpaired) electrons. The first kappa shape index (κ1) is 13.9. The highest BCUT2D eigenvalue weighted by Gasteiger charge is 2.12. The van der Waals surface area contributed by atoms with E-state index < -0.39 is 0 Å². The second-order valence-corrected chi connectivity index (χ2v) is 5.70. The van der Waals surface area contributed by atoms with Gasteiger partial charge in [-0.25, -0.2) is 4.98 Å². The number of aromatic nitrogens is 1. The highest BCUT2D eigenvalue weighted by atomic mass is 15.0. The number of nitrogens with one attached hydrogen (secondary N) is 1. The van der Waals surface area contributed by atoms with Crippen LogP contribution in [0.15, 0.2) is 36.4 Å². The van der Waals surface area contributed by atoms with Crippen molar-refractivity contribution in [1.29, 1.82) is 5.26 Å². The lowest BCUT2D eigenvalue weighted by Gasteiger charge is -2.19. The van der Waals surface area contributed by atoms with E-state index >= 15 is 0 Å². The third-order valence-corrected chi connectivity index (χ3v) is 3.06. The fraction of sp³-hybridized carbons (Fsp3) is 0.250. The monoisotopic (exact) mass is 266 g/mol. The molecule has 0 saturated carbocycles. The Hall–Kier alpha value is -2.54. The molecule has 0 aliphatic carbocycles. The zero-order chi connectivity index (χ0) is 14.8. The van der Waals surface area contributed by atoms with Crippen LogP contribution in [-0.2, 0) is 5.41 Å². The summed E-state index contributed by atoms with van der Waals surface area (Å²) in [5.41, 5.74) is 8.61. The molecule has 0 spiro atoms. The molecule has 0 unspecified atom stereocenters. The Morgan fingerprint density at radius 1 is 1.10 bits per heavy atom. The quantitative estimate of drug-likeness (QED) is 0.871. The molecule has 102 valence electrons. The van der Waals surface area contributed by atoms with Gasteiger partial charge in [-0.15, -0.1) is 0 Å². The van der Waals surface area contributed by atoms with Crippen LogP contribution in [0.4, 0.5) is 17.2 Å². The minimum Gasteiger partial charge on any atom is -0.396 e. The molecule has 2 aromatic rings. The topological polar surface area (TPSA) is 74.7 Å². The molecular formula is C16H18N4. The number of hydrogen-bond donors (Lipinski definition) is 2. The van der Waals surface area contributed by atoms with E-state index in [0.717, 1.165) is 5.69 Å². The van der Waals surface area contributed by atoms with Crippen LogP contribution >= 0.6 is 0 Å². The molecule has 1 heterocycles. The van der Waals surface area contributed by atoms with Crippen LogP contribution in [0.1, 0.15) is 32.0 Å². The highest BCUT2D eigenvalue weighted by Crippen LogP contribution is 2.24. The summed E-state index contributed by atoms with van der Waals surface area (Å²) in [5, 5.41) is 12.1. The van der Waals surface area contributed by atoms with Crippen molar-refractivity contribution in [3.05, 3.63) is 47.7 Å². The molecule has 0 bridgehead atoms. The van der Waals surface area contributed by atoms with Crippen LogP contribution in [0.5, 0.6) is 0 Å². The van der Waals surface area contributed by atoms with Crippen LogP contribution in [-0.4, -0.2) is 4.98 Å². The Kier molecular flexibility index (Phi) is 3.62. The fourth-order valence-corrected chi connectivity index (χ4v) is 1.83. The van der Waals surface area contributed by atoms with Crippen molar-refractivity contribution < 1.29 is 0 Å². The van der Waals surface area contributed by atoms with E-state index in [-0.39, 0.29) is 11.1 Å². The minimum absolute atomic E-state index is 0.131. The van der Waals surface area contributed by atoms with Crippen molar-refractivity contribution in [2.75, 3.05) is 11.1 Å². The molecule has 0 saturated heterocycles. The van der Waals surface area contributed by atoms with Gasteiger partial charge in [-0.2, -0.15) is 5.26 Å². The molecule has 0 fully saturated rings. The molecule has 0 atom stereocenters. The van der Waals surface area contributed by atoms with Gasteiger partial charge in [0, 0.05) is 5.69 Å². The number of nitrogens with zero attached hydrogens (tertiary/aromatic N) is 2. The Morgan fingerprint density at radius 3 is 2.30 bits per heavy atom. The second kappa shape index (κ2) is 5.22. The van der Waals surface area contributed by atoms with Crippen molar-refractivity contribution in [3.8, 4) is 6.07 Å². The van der Waals surface area contributed by atoms with E-state index in [1.165, 1.54) is 5.56 Å². The smallest absolute Gasteiger partial charge is 0.165 e. The first-order valence-electron chi connectivity index (χ1n) is 6.44. The SMILES string of the molecule is CC(C)(C)c1ccc(Nc2ccc(N)c(C#N)n2)cc1. The van der Waals surface area contributed by atoms with Gasteiger partial charge in [0.2, 0.25) is 0 Å². The van der Waals surface area contributed by atoms with Crippen molar-refractivity contribution >= 4 is 17.2 Å². The minimum atomic E-state index is 0.131. The average Bonchev–Trinajstić information content (AvgIpc) is 2.40. The van der Waals surface area contributed by atoms with Gasteiger partial charge in [-0.1, -0.05) is 32.9 Å². The fourth-order valence-electron chi connectivity index (χ4n) is 1.83. The number of nitrogen functional groups attached to an aromatic ring is 1. The summed E-state index contributed by atoms with van der Waals surface area (Å²) in [6.45, 7) is 6.53. The van der Waals surface area contributed by atoms with Gasteiger partial charge in [-0.3, -0.25) is 0 Å². The highest BCUT2D eigenvalue weighted by molar-refractivity contribution is 5.61. The predicted octanol–water partition coefficient (Wildman–Crippen LogP) is 3.58. The summed E-state index contributed by atoms with van der Waals surface area (Å²) in [7, 11) is 0. The summed E-state index contributed by atoms with van der Waals surface area (Å²) in [6.07, 6.45) is 0. The third-order valence-electron chi connectivity index (χ3n) is 3.06. The maximum atomic E-state index is 8.91. The number of benzene rings is 1. The number of anilines is 3. The molecule has 0 aliphatic heterocycles. The number of hydrogen-bond acceptors (Lipinski definition) is 4. The molecule has 3 N–H and O–H groups in total. The van der Waals surface area contributed by atoms with Crippen molar-refractivity contribution in [2.24, 2.45) is 0 Å². The molecule has 1 aromatic carbocycles. The van der Waals surface area contributed by atoms with Gasteiger partial charge in [-0.05, 0) is 35.2 Å². The molecule has 2 rings (SSSR count). The maximum Gasteiger partial charge on any atom is 0.165 e. The van der Waals surface area contributed by atoms with E-state index in [1.807, 2.05) is 18.2 Å². The molecule has 4 nitrogen and oxygen atoms in total. The van der Waals surface area contributed by atoms with Gasteiger partial charge in [0.15, 0.2) is 5.69 Å². The second-order valence-electron chi connectivity index (χ2n) is 5.70. The Bertz CT molecular complexity index is 646. The summed E-state index contributed by atoms with van der Waals surface area (Å²) >= 11 is 0. The zero-order valence-corrected chi connectivity index (χ0v) is 11.9. The van der Waals surface area contributed by atoms with Gasteiger partial charge in [0.05, 0.1) is 5.69 Å². The molecule has 20 heavy (non-hydrogen) atoms. The van der Waals surface area contributed by atoms with Crippen LogP contribution in [0.2, 0.25) is 0 Å². The van der Waals surface area contributed by atoms with E-state index in [1.54, 1.807) is 12.1 Å². The molecule has 4 heteroatoms. The summed E-state index contributed by atoms with van der Waals surface area (Å²) < 4.78 is 0. The predicted molar refractivity (Wildman–Crippen MR) is 81.8 cm³/mol. The van der Waals surface area contributed by atoms with Crippen molar-refractivity contribution in [3.63, 3.8) is 0 Å². The molecular weight excluding hydrogens is 248 g/mol. The van der Waals surface area contributed by atoms with Crippen LogP contribution in [0.3, 0.4) is 0 Å². The van der Waals surface area contributed by atoms with Gasteiger partial charge in [0.1, 0.15) is 11.9 Å². The van der Waals surface area contributed by atoms with Crippen molar-refractivity contribution in [1.82, 2.24) is 4.98 Å². The Balaban J connectivity index is 2.21. The van der Waals surface area contributed by atoms with E-state index in [4.69, 9.17) is 11.0 Å². The first-order valence-corrected chi connectivity index (χ1v) is 6.44. The van der Waals surface area contributed by atoms with E-state index in [0.29, 0.717) is 11.5 Å². The standard InChI is InChI=1S/C16H18N4/c1-16(2,3)11-4-6-12(7-5-11)19-15-9-8-13(18)14(10-17)20-15/h4-9H,18H2,1-3H3,(H,19,20). The summed E-state index contributed by atoms with van der Waals surface area (Å²) in [6, 6.07) is 13.6. The third kappa shape index (κ3) is 3.07. The zero-order valence-electron chi connectivity index (χ0n) is 11.9. The normalized spacial score (nSPS) is 10.9. The van der Waals surface area contributed by atoms with Crippen LogP contribution < -0.4 is 11.1 Å². The molecule has 0 amide bonds. The van der Waals surface area contributed by atoms with Gasteiger partial charge >= 0.3 is 0 Å². The first-order chi connectivity index (χ1) is 9.40.